The summed E-state index contributed by atoms with van der Waals surface area (Å²) in [6, 6.07) is 28.9. The highest BCUT2D eigenvalue weighted by Gasteiger charge is 2.39. The van der Waals surface area contributed by atoms with E-state index in [-0.39, 0.29) is 24.4 Å². The molecule has 1 aliphatic rings. The fourth-order valence-corrected chi connectivity index (χ4v) is 6.38. The quantitative estimate of drug-likeness (QED) is 0.201. The summed E-state index contributed by atoms with van der Waals surface area (Å²) in [4.78, 5) is 40.2. The Morgan fingerprint density at radius 2 is 1.68 bits per heavy atom. The van der Waals surface area contributed by atoms with Crippen LogP contribution in [-0.4, -0.2) is 55.7 Å². The topological polar surface area (TPSA) is 109 Å². The first-order valence-electron chi connectivity index (χ1n) is 15.8. The van der Waals surface area contributed by atoms with Crippen LogP contribution in [0.2, 0.25) is 0 Å². The summed E-state index contributed by atoms with van der Waals surface area (Å²) in [5.74, 6) is 0.455. The summed E-state index contributed by atoms with van der Waals surface area (Å²) in [6.07, 6.45) is 3.95. The zero-order chi connectivity index (χ0) is 32.5. The summed E-state index contributed by atoms with van der Waals surface area (Å²) in [6.45, 7) is 6.10. The summed E-state index contributed by atoms with van der Waals surface area (Å²) in [5, 5.41) is 10.3. The number of para-hydroxylation sites is 3. The zero-order valence-electron chi connectivity index (χ0n) is 26.5. The molecule has 1 unspecified atom stereocenters. The molecule has 0 saturated heterocycles. The summed E-state index contributed by atoms with van der Waals surface area (Å²) in [7, 11) is 0. The maximum atomic E-state index is 14.9. The average Bonchev–Trinajstić information content (AvgIpc) is 3.70. The Morgan fingerprint density at radius 1 is 0.936 bits per heavy atom. The number of nitrogens with zero attached hydrogens (tertiary/aromatic N) is 6. The number of carbonyl (C=O) groups is 2. The fraction of sp³-hybridized carbons (Fsp3) is 0.216. The Labute approximate surface area is 272 Å². The maximum absolute atomic E-state index is 14.9. The lowest BCUT2D eigenvalue weighted by Crippen LogP contribution is -2.47. The van der Waals surface area contributed by atoms with Gasteiger partial charge in [0, 0.05) is 34.8 Å². The Balaban J connectivity index is 1.34. The van der Waals surface area contributed by atoms with Crippen molar-refractivity contribution in [2.45, 2.75) is 39.2 Å². The van der Waals surface area contributed by atoms with Crippen molar-refractivity contribution in [3.05, 3.63) is 115 Å². The van der Waals surface area contributed by atoms with Crippen molar-refractivity contribution in [1.29, 1.82) is 0 Å². The van der Waals surface area contributed by atoms with Crippen molar-refractivity contribution in [3.8, 4) is 23.0 Å². The van der Waals surface area contributed by atoms with E-state index in [4.69, 9.17) is 4.74 Å². The fourth-order valence-electron chi connectivity index (χ4n) is 6.38. The van der Waals surface area contributed by atoms with Gasteiger partial charge >= 0.3 is 0 Å². The molecular formula is C37H35N7O3. The molecule has 1 N–H and O–H groups in total. The molecule has 0 aliphatic carbocycles. The van der Waals surface area contributed by atoms with Crippen molar-refractivity contribution < 1.29 is 14.3 Å². The number of ether oxygens (including phenoxy) is 1. The molecule has 3 aromatic carbocycles. The van der Waals surface area contributed by atoms with Gasteiger partial charge in [0.05, 0.1) is 29.9 Å². The number of pyridine rings is 1. The van der Waals surface area contributed by atoms with E-state index in [0.717, 1.165) is 27.7 Å². The third-order valence-corrected chi connectivity index (χ3v) is 8.48. The van der Waals surface area contributed by atoms with Crippen LogP contribution in [0.4, 0.5) is 11.4 Å². The molecule has 0 fully saturated rings. The standard InChI is InChI=1S/C37H35N7O3/c1-4-47-33-19-18-27(22-39-33)43(24(2)3)34(45)23-42-31-16-10-11-17-32(31)44-35(25-12-6-5-7-13-25)40-41-36(44)29(37(42)46)20-26-21-38-30-15-9-8-14-28(26)30/h5-19,21-22,24,29,38H,4,20,23H2,1-3H3. The first-order valence-corrected chi connectivity index (χ1v) is 15.8. The second-order valence-electron chi connectivity index (χ2n) is 11.8. The predicted octanol–water partition coefficient (Wildman–Crippen LogP) is 6.32. The number of carbonyl (C=O) groups excluding carboxylic acids is 2. The number of aromatic nitrogens is 5. The van der Waals surface area contributed by atoms with E-state index in [0.29, 0.717) is 41.9 Å². The van der Waals surface area contributed by atoms with Crippen molar-refractivity contribution in [2.75, 3.05) is 23.0 Å². The van der Waals surface area contributed by atoms with E-state index in [1.54, 1.807) is 22.1 Å². The first-order chi connectivity index (χ1) is 22.9. The van der Waals surface area contributed by atoms with E-state index < -0.39 is 5.92 Å². The summed E-state index contributed by atoms with van der Waals surface area (Å²) in [5.41, 5.74) is 4.81. The van der Waals surface area contributed by atoms with Gasteiger partial charge in [0.1, 0.15) is 12.5 Å². The van der Waals surface area contributed by atoms with Crippen LogP contribution in [0.3, 0.4) is 0 Å². The van der Waals surface area contributed by atoms with E-state index in [1.165, 1.54) is 0 Å². The minimum absolute atomic E-state index is 0.176. The number of aromatic amines is 1. The van der Waals surface area contributed by atoms with Crippen LogP contribution in [0, 0.1) is 0 Å². The van der Waals surface area contributed by atoms with Gasteiger partial charge < -0.3 is 19.5 Å². The van der Waals surface area contributed by atoms with Crippen LogP contribution in [0.5, 0.6) is 5.88 Å². The van der Waals surface area contributed by atoms with Gasteiger partial charge in [-0.1, -0.05) is 60.7 Å². The van der Waals surface area contributed by atoms with Crippen LogP contribution in [0.15, 0.2) is 103 Å². The summed E-state index contributed by atoms with van der Waals surface area (Å²) >= 11 is 0. The number of hydrogen-bond acceptors (Lipinski definition) is 6. The van der Waals surface area contributed by atoms with Gasteiger partial charge in [-0.2, -0.15) is 0 Å². The van der Waals surface area contributed by atoms with E-state index in [1.807, 2.05) is 116 Å². The first kappa shape index (κ1) is 29.9. The predicted molar refractivity (Wildman–Crippen MR) is 182 cm³/mol. The number of amides is 2. The molecule has 10 nitrogen and oxygen atoms in total. The molecule has 3 aromatic heterocycles. The van der Waals surface area contributed by atoms with E-state index >= 15 is 0 Å². The van der Waals surface area contributed by atoms with Crippen molar-refractivity contribution >= 4 is 34.1 Å². The molecule has 0 radical (unpaired) electrons. The lowest BCUT2D eigenvalue weighted by molar-refractivity contribution is -0.123. The molecule has 6 aromatic rings. The largest absolute Gasteiger partial charge is 0.478 e. The molecular weight excluding hydrogens is 590 g/mol. The van der Waals surface area contributed by atoms with Crippen LogP contribution in [-0.2, 0) is 16.0 Å². The molecule has 1 atom stereocenters. The minimum atomic E-state index is -0.723. The van der Waals surface area contributed by atoms with Gasteiger partial charge in [0.25, 0.3) is 0 Å². The Hall–Kier alpha value is -5.77. The van der Waals surface area contributed by atoms with Crippen molar-refractivity contribution in [3.63, 3.8) is 0 Å². The number of benzene rings is 3. The molecule has 4 heterocycles. The molecule has 7 rings (SSSR count). The van der Waals surface area contributed by atoms with Gasteiger partial charge in [0.2, 0.25) is 17.7 Å². The van der Waals surface area contributed by atoms with Crippen LogP contribution in [0.25, 0.3) is 28.0 Å². The number of fused-ring (bicyclic) bond motifs is 4. The minimum Gasteiger partial charge on any atom is -0.478 e. The monoisotopic (exact) mass is 625 g/mol. The molecule has 0 spiro atoms. The second-order valence-corrected chi connectivity index (χ2v) is 11.8. The molecule has 1 aliphatic heterocycles. The van der Waals surface area contributed by atoms with Crippen LogP contribution >= 0.6 is 0 Å². The Bertz CT molecular complexity index is 2050. The highest BCUT2D eigenvalue weighted by molar-refractivity contribution is 6.07. The molecule has 0 bridgehead atoms. The van der Waals surface area contributed by atoms with E-state index in [2.05, 4.69) is 20.2 Å². The second kappa shape index (κ2) is 12.6. The molecule has 2 amide bonds. The van der Waals surface area contributed by atoms with Gasteiger partial charge in [-0.15, -0.1) is 10.2 Å². The van der Waals surface area contributed by atoms with Gasteiger partial charge in [-0.05, 0) is 57.0 Å². The number of rotatable bonds is 9. The smallest absolute Gasteiger partial charge is 0.247 e. The molecule has 10 heteroatoms. The normalized spacial score (nSPS) is 14.2. The Morgan fingerprint density at radius 3 is 2.43 bits per heavy atom. The number of nitrogens with one attached hydrogen (secondary N) is 1. The SMILES string of the molecule is CCOc1ccc(N(C(=O)CN2C(=O)C(Cc3c[nH]c4ccccc34)c3nnc(-c4ccccc4)n3-c3ccccc32)C(C)C)cn1. The molecule has 236 valence electrons. The highest BCUT2D eigenvalue weighted by atomic mass is 16.5. The summed E-state index contributed by atoms with van der Waals surface area (Å²) < 4.78 is 7.49. The maximum Gasteiger partial charge on any atom is 0.247 e. The van der Waals surface area contributed by atoms with Crippen molar-refractivity contribution in [2.24, 2.45) is 0 Å². The van der Waals surface area contributed by atoms with E-state index in [9.17, 15) is 9.59 Å². The third-order valence-electron chi connectivity index (χ3n) is 8.48. The lowest BCUT2D eigenvalue weighted by atomic mass is 9.96. The lowest BCUT2D eigenvalue weighted by Gasteiger charge is -2.31. The van der Waals surface area contributed by atoms with Gasteiger partial charge in [0.15, 0.2) is 11.6 Å². The highest BCUT2D eigenvalue weighted by Crippen LogP contribution is 2.39. The Kier molecular flexibility index (Phi) is 7.99. The third kappa shape index (κ3) is 5.52. The average molecular weight is 626 g/mol. The number of hydrogen-bond donors (Lipinski definition) is 1. The van der Waals surface area contributed by atoms with Crippen LogP contribution < -0.4 is 14.5 Å². The van der Waals surface area contributed by atoms with Gasteiger partial charge in [-0.3, -0.25) is 14.2 Å². The molecule has 0 saturated carbocycles. The molecule has 47 heavy (non-hydrogen) atoms. The van der Waals surface area contributed by atoms with Crippen LogP contribution in [0.1, 0.15) is 38.1 Å². The van der Waals surface area contributed by atoms with Crippen molar-refractivity contribution in [1.82, 2.24) is 24.7 Å². The number of H-pyrrole nitrogens is 1. The zero-order valence-corrected chi connectivity index (χ0v) is 26.5. The van der Waals surface area contributed by atoms with Gasteiger partial charge in [-0.25, -0.2) is 4.98 Å². The number of anilines is 2.